The summed E-state index contributed by atoms with van der Waals surface area (Å²) >= 11 is 0. The van der Waals surface area contributed by atoms with Gasteiger partial charge in [-0.25, -0.2) is 19.6 Å². The van der Waals surface area contributed by atoms with Gasteiger partial charge in [-0.05, 0) is 102 Å². The van der Waals surface area contributed by atoms with Crippen LogP contribution < -0.4 is 19.6 Å². The van der Waals surface area contributed by atoms with E-state index in [-0.39, 0.29) is 10.8 Å². The van der Waals surface area contributed by atoms with Gasteiger partial charge in [0.05, 0.1) is 45.5 Å². The number of oxazole rings is 4. The average Bonchev–Trinajstić information content (AvgIpc) is 3.91. The van der Waals surface area contributed by atoms with E-state index in [9.17, 15) is 0 Å². The lowest BCUT2D eigenvalue weighted by Crippen LogP contribution is -2.34. The molecule has 0 fully saturated rings. The molecular formula is C42H48N8O4. The maximum Gasteiger partial charge on any atom is 0.308 e. The van der Waals surface area contributed by atoms with Crippen LogP contribution in [0.4, 0.5) is 46.8 Å². The molecule has 0 radical (unpaired) electrons. The van der Waals surface area contributed by atoms with Crippen LogP contribution in [-0.4, -0.2) is 19.9 Å². The fraction of sp³-hybridized carbons (Fsp3) is 0.381. The van der Waals surface area contributed by atoms with Crippen LogP contribution in [0.5, 0.6) is 0 Å². The molecule has 0 saturated carbocycles. The lowest BCUT2D eigenvalue weighted by molar-refractivity contribution is 0.515. The maximum atomic E-state index is 6.54. The second-order valence-corrected chi connectivity index (χ2v) is 16.4. The van der Waals surface area contributed by atoms with Gasteiger partial charge in [0.2, 0.25) is 0 Å². The molecule has 280 valence electrons. The van der Waals surface area contributed by atoms with Crippen LogP contribution in [0.15, 0.2) is 65.7 Å². The van der Waals surface area contributed by atoms with Crippen LogP contribution in [0.2, 0.25) is 0 Å². The summed E-state index contributed by atoms with van der Waals surface area (Å²) in [5.41, 5.74) is 8.38. The lowest BCUT2D eigenvalue weighted by atomic mass is 9.86. The van der Waals surface area contributed by atoms with E-state index in [2.05, 4.69) is 77.9 Å². The number of hydrogen-bond donors (Lipinski definition) is 0. The molecule has 0 spiro atoms. The van der Waals surface area contributed by atoms with Crippen molar-refractivity contribution in [2.45, 2.75) is 108 Å². The molecule has 0 amide bonds. The van der Waals surface area contributed by atoms with Crippen molar-refractivity contribution in [2.24, 2.45) is 0 Å². The molecule has 0 bridgehead atoms. The standard InChI is InChI=1S/C42H48N8O4/c1-21-25(5)51-37(43-21)47-31-17-15-29(41(9,10)11)19-33(31)49(39-45-23(3)27(7)53-39)35(47)36-48(38-44-22(2)26(6)52-38)32-18-16-30(42(12,13)14)20-34(32)50(36)40-46-24(4)28(8)54-40/h15-20H,1-14H3/b36-35+. The van der Waals surface area contributed by atoms with Crippen LogP contribution in [0, 0.1) is 55.4 Å². The minimum absolute atomic E-state index is 0.161. The minimum Gasteiger partial charge on any atom is -0.428 e. The molecule has 54 heavy (non-hydrogen) atoms. The molecule has 0 aliphatic carbocycles. The van der Waals surface area contributed by atoms with Gasteiger partial charge in [0, 0.05) is 0 Å². The number of rotatable bonds is 4. The Morgan fingerprint density at radius 2 is 0.648 bits per heavy atom. The number of nitrogens with zero attached hydrogens (tertiary/aromatic N) is 8. The Morgan fingerprint density at radius 1 is 0.389 bits per heavy atom. The normalized spacial score (nSPS) is 16.0. The number of anilines is 8. The number of hydrogen-bond acceptors (Lipinski definition) is 12. The van der Waals surface area contributed by atoms with Crippen molar-refractivity contribution in [2.75, 3.05) is 19.6 Å². The van der Waals surface area contributed by atoms with E-state index in [1.807, 2.05) is 75.0 Å². The summed E-state index contributed by atoms with van der Waals surface area (Å²) in [6.07, 6.45) is 0. The molecule has 12 nitrogen and oxygen atoms in total. The van der Waals surface area contributed by atoms with Crippen molar-refractivity contribution in [1.29, 1.82) is 0 Å². The quantitative estimate of drug-likeness (QED) is 0.172. The molecule has 0 N–H and O–H groups in total. The van der Waals surface area contributed by atoms with Crippen molar-refractivity contribution < 1.29 is 17.7 Å². The third kappa shape index (κ3) is 5.41. The molecular weight excluding hydrogens is 681 g/mol. The Bertz CT molecular complexity index is 2250. The van der Waals surface area contributed by atoms with Crippen molar-refractivity contribution in [1.82, 2.24) is 19.9 Å². The largest absolute Gasteiger partial charge is 0.428 e. The van der Waals surface area contributed by atoms with Crippen molar-refractivity contribution in [3.8, 4) is 0 Å². The maximum absolute atomic E-state index is 6.54. The van der Waals surface area contributed by atoms with Crippen LogP contribution in [-0.2, 0) is 10.8 Å². The van der Waals surface area contributed by atoms with Gasteiger partial charge < -0.3 is 17.7 Å². The summed E-state index contributed by atoms with van der Waals surface area (Å²) in [6, 6.07) is 14.5. The van der Waals surface area contributed by atoms with Crippen LogP contribution in [0.1, 0.15) is 98.5 Å². The first-order valence-electron chi connectivity index (χ1n) is 18.3. The summed E-state index contributed by atoms with van der Waals surface area (Å²) in [7, 11) is 0. The highest BCUT2D eigenvalue weighted by molar-refractivity contribution is 5.97. The molecule has 6 aromatic rings. The Kier molecular flexibility index (Phi) is 7.75. The van der Waals surface area contributed by atoms with E-state index >= 15 is 0 Å². The highest BCUT2D eigenvalue weighted by Gasteiger charge is 2.49. The van der Waals surface area contributed by atoms with Gasteiger partial charge in [-0.2, -0.15) is 19.9 Å². The van der Waals surface area contributed by atoms with Gasteiger partial charge in [0.1, 0.15) is 23.0 Å². The van der Waals surface area contributed by atoms with Crippen LogP contribution >= 0.6 is 0 Å². The van der Waals surface area contributed by atoms with Gasteiger partial charge in [-0.3, -0.25) is 0 Å². The minimum atomic E-state index is -0.161. The smallest absolute Gasteiger partial charge is 0.308 e. The van der Waals surface area contributed by atoms with Crippen molar-refractivity contribution >= 4 is 46.8 Å². The first kappa shape index (κ1) is 35.3. The zero-order chi connectivity index (χ0) is 38.8. The lowest BCUT2D eigenvalue weighted by Gasteiger charge is -2.29. The number of aryl methyl sites for hydroxylation is 8. The third-order valence-electron chi connectivity index (χ3n) is 10.5. The molecule has 0 unspecified atom stereocenters. The zero-order valence-corrected chi connectivity index (χ0v) is 33.7. The Labute approximate surface area is 316 Å². The third-order valence-corrected chi connectivity index (χ3v) is 10.5. The molecule has 0 atom stereocenters. The predicted molar refractivity (Wildman–Crippen MR) is 210 cm³/mol. The van der Waals surface area contributed by atoms with Gasteiger partial charge in [-0.1, -0.05) is 53.7 Å². The second kappa shape index (κ2) is 11.9. The summed E-state index contributed by atoms with van der Waals surface area (Å²) in [6.45, 7) is 28.7. The van der Waals surface area contributed by atoms with Gasteiger partial charge in [0.15, 0.2) is 11.6 Å². The Morgan fingerprint density at radius 3 is 0.870 bits per heavy atom. The van der Waals surface area contributed by atoms with Crippen molar-refractivity contribution in [3.05, 3.63) is 105 Å². The summed E-state index contributed by atoms with van der Waals surface area (Å²) in [5, 5.41) is 0. The molecule has 0 saturated heterocycles. The highest BCUT2D eigenvalue weighted by Crippen LogP contribution is 2.58. The number of fused-ring (bicyclic) bond motifs is 2. The number of aromatic nitrogens is 4. The Balaban J connectivity index is 1.57. The van der Waals surface area contributed by atoms with Crippen LogP contribution in [0.3, 0.4) is 0 Å². The Hall–Kier alpha value is -5.78. The first-order valence-corrected chi connectivity index (χ1v) is 18.3. The van der Waals surface area contributed by atoms with Gasteiger partial charge in [-0.15, -0.1) is 0 Å². The number of benzene rings is 2. The van der Waals surface area contributed by atoms with E-state index in [1.165, 1.54) is 0 Å². The van der Waals surface area contributed by atoms with Crippen LogP contribution in [0.25, 0.3) is 0 Å². The SMILES string of the molecule is Cc1nc(N2/C(=C3/N(c4nc(C)c(C)o4)c4ccc(C(C)(C)C)cc4N3c3nc(C)c(C)o3)N(c3nc(C)c(C)o3)c3cc(C(C)(C)C)ccc32)oc1C. The monoisotopic (exact) mass is 728 g/mol. The van der Waals surface area contributed by atoms with Gasteiger partial charge in [0.25, 0.3) is 0 Å². The van der Waals surface area contributed by atoms with E-state index in [0.29, 0.717) is 58.7 Å². The fourth-order valence-electron chi connectivity index (χ4n) is 6.75. The molecule has 6 heterocycles. The highest BCUT2D eigenvalue weighted by atomic mass is 16.4. The topological polar surface area (TPSA) is 117 Å². The van der Waals surface area contributed by atoms with Gasteiger partial charge >= 0.3 is 24.1 Å². The predicted octanol–water partition coefficient (Wildman–Crippen LogP) is 11.1. The molecule has 2 aromatic carbocycles. The molecule has 12 heteroatoms. The van der Waals surface area contributed by atoms with E-state index in [1.54, 1.807) is 0 Å². The summed E-state index contributed by atoms with van der Waals surface area (Å²) in [4.78, 5) is 28.1. The molecule has 4 aromatic heterocycles. The zero-order valence-electron chi connectivity index (χ0n) is 33.7. The molecule has 2 aliphatic heterocycles. The summed E-state index contributed by atoms with van der Waals surface area (Å²) in [5.74, 6) is 4.04. The first-order chi connectivity index (χ1) is 25.3. The average molecular weight is 729 g/mol. The molecule has 2 aliphatic rings. The van der Waals surface area contributed by atoms with E-state index in [0.717, 1.165) is 56.7 Å². The molecule has 8 rings (SSSR count). The fourth-order valence-corrected chi connectivity index (χ4v) is 6.75. The summed E-state index contributed by atoms with van der Waals surface area (Å²) < 4.78 is 26.1. The van der Waals surface area contributed by atoms with E-state index < -0.39 is 0 Å². The second-order valence-electron chi connectivity index (χ2n) is 16.4. The van der Waals surface area contributed by atoms with Crippen molar-refractivity contribution in [3.63, 3.8) is 0 Å². The van der Waals surface area contributed by atoms with E-state index in [4.69, 9.17) is 37.6 Å².